The van der Waals surface area contributed by atoms with Crippen LogP contribution in [-0.4, -0.2) is 29.5 Å². The minimum Gasteiger partial charge on any atom is -0.494 e. The Kier molecular flexibility index (Phi) is 3.67. The molecule has 116 valence electrons. The van der Waals surface area contributed by atoms with Crippen LogP contribution >= 0.6 is 0 Å². The number of aromatic nitrogens is 1. The maximum atomic E-state index is 5.78. The molecule has 1 unspecified atom stereocenters. The van der Waals surface area contributed by atoms with Crippen molar-refractivity contribution in [3.8, 4) is 0 Å². The number of nitrogens with one attached hydrogen (secondary N) is 1. The van der Waals surface area contributed by atoms with Crippen molar-refractivity contribution < 1.29 is 4.74 Å². The van der Waals surface area contributed by atoms with E-state index in [9.17, 15) is 0 Å². The Morgan fingerprint density at radius 3 is 3.05 bits per heavy atom. The molecule has 3 heteroatoms. The number of hydrogen-bond acceptors (Lipinski definition) is 2. The fourth-order valence-electron chi connectivity index (χ4n) is 3.84. The van der Waals surface area contributed by atoms with Crippen molar-refractivity contribution in [3.63, 3.8) is 0 Å². The lowest BCUT2D eigenvalue weighted by Crippen LogP contribution is -2.26. The van der Waals surface area contributed by atoms with Gasteiger partial charge in [-0.3, -0.25) is 0 Å². The molecule has 0 aliphatic carbocycles. The second kappa shape index (κ2) is 5.81. The monoisotopic (exact) mass is 296 g/mol. The third-order valence-electron chi connectivity index (χ3n) is 5.22. The highest BCUT2D eigenvalue weighted by Crippen LogP contribution is 2.31. The topological polar surface area (TPSA) is 28.3 Å². The predicted molar refractivity (Wildman–Crippen MR) is 89.9 cm³/mol. The van der Waals surface area contributed by atoms with Gasteiger partial charge in [0.2, 0.25) is 0 Å². The van der Waals surface area contributed by atoms with Crippen molar-refractivity contribution in [2.24, 2.45) is 0 Å². The summed E-state index contributed by atoms with van der Waals surface area (Å²) in [5.41, 5.74) is 3.99. The predicted octanol–water partition coefficient (Wildman–Crippen LogP) is 4.17. The van der Waals surface area contributed by atoms with Crippen molar-refractivity contribution in [3.05, 3.63) is 47.9 Å². The van der Waals surface area contributed by atoms with Gasteiger partial charge in [0.05, 0.1) is 6.26 Å². The van der Waals surface area contributed by atoms with Gasteiger partial charge in [0.1, 0.15) is 6.10 Å². The first-order chi connectivity index (χ1) is 10.8. The van der Waals surface area contributed by atoms with Crippen LogP contribution in [0.4, 0.5) is 0 Å². The molecule has 2 aromatic rings. The molecule has 0 radical (unpaired) electrons. The molecule has 0 saturated carbocycles. The number of aromatic amines is 1. The van der Waals surface area contributed by atoms with Crippen LogP contribution in [0.5, 0.6) is 0 Å². The van der Waals surface area contributed by atoms with E-state index < -0.39 is 0 Å². The van der Waals surface area contributed by atoms with Gasteiger partial charge in [0, 0.05) is 23.1 Å². The first kappa shape index (κ1) is 13.9. The summed E-state index contributed by atoms with van der Waals surface area (Å²) < 4.78 is 5.78. The summed E-state index contributed by atoms with van der Waals surface area (Å²) in [6.07, 6.45) is 12.3. The van der Waals surface area contributed by atoms with Crippen LogP contribution in [0.3, 0.4) is 0 Å². The molecule has 1 fully saturated rings. The summed E-state index contributed by atoms with van der Waals surface area (Å²) in [6.45, 7) is 1.24. The highest BCUT2D eigenvalue weighted by Gasteiger charge is 2.22. The van der Waals surface area contributed by atoms with Crippen LogP contribution in [0, 0.1) is 0 Å². The summed E-state index contributed by atoms with van der Waals surface area (Å²) in [6, 6.07) is 7.43. The minimum absolute atomic E-state index is 0.214. The van der Waals surface area contributed by atoms with Crippen molar-refractivity contribution in [2.45, 2.75) is 44.2 Å². The summed E-state index contributed by atoms with van der Waals surface area (Å²) in [5.74, 6) is 0. The Morgan fingerprint density at radius 2 is 2.27 bits per heavy atom. The summed E-state index contributed by atoms with van der Waals surface area (Å²) in [4.78, 5) is 5.93. The summed E-state index contributed by atoms with van der Waals surface area (Å²) >= 11 is 0. The number of H-pyrrole nitrogens is 1. The maximum Gasteiger partial charge on any atom is 0.123 e. The van der Waals surface area contributed by atoms with E-state index in [0.717, 1.165) is 19.3 Å². The highest BCUT2D eigenvalue weighted by molar-refractivity contribution is 5.84. The van der Waals surface area contributed by atoms with E-state index in [0.29, 0.717) is 6.04 Å². The number of likely N-dealkylation sites (N-methyl/N-ethyl adjacent to an activating group) is 1. The summed E-state index contributed by atoms with van der Waals surface area (Å²) in [5, 5.41) is 1.37. The lowest BCUT2D eigenvalue weighted by Gasteiger charge is -2.20. The molecule has 4 rings (SSSR count). The van der Waals surface area contributed by atoms with Gasteiger partial charge in [-0.1, -0.05) is 6.07 Å². The number of rotatable bonds is 3. The van der Waals surface area contributed by atoms with Gasteiger partial charge >= 0.3 is 0 Å². The van der Waals surface area contributed by atoms with Gasteiger partial charge in [-0.25, -0.2) is 0 Å². The van der Waals surface area contributed by atoms with Crippen molar-refractivity contribution in [1.29, 1.82) is 0 Å². The molecule has 0 amide bonds. The summed E-state index contributed by atoms with van der Waals surface area (Å²) in [7, 11) is 2.25. The Morgan fingerprint density at radius 1 is 1.32 bits per heavy atom. The van der Waals surface area contributed by atoms with E-state index in [4.69, 9.17) is 4.74 Å². The maximum absolute atomic E-state index is 5.78. The third kappa shape index (κ3) is 2.54. The molecule has 2 atom stereocenters. The molecule has 1 aromatic carbocycles. The van der Waals surface area contributed by atoms with Crippen LogP contribution < -0.4 is 0 Å². The van der Waals surface area contributed by atoms with E-state index in [1.165, 1.54) is 41.4 Å². The van der Waals surface area contributed by atoms with E-state index in [1.54, 1.807) is 0 Å². The largest absolute Gasteiger partial charge is 0.494 e. The van der Waals surface area contributed by atoms with Gasteiger partial charge in [-0.15, -0.1) is 0 Å². The van der Waals surface area contributed by atoms with Crippen LogP contribution in [0.15, 0.2) is 36.7 Å². The average molecular weight is 296 g/mol. The zero-order valence-electron chi connectivity index (χ0n) is 13.2. The normalized spacial score (nSPS) is 25.7. The third-order valence-corrected chi connectivity index (χ3v) is 5.22. The number of likely N-dealkylation sites (tertiary alicyclic amines) is 1. The van der Waals surface area contributed by atoms with Gasteiger partial charge in [0.15, 0.2) is 0 Å². The standard InChI is InChI=1S/C19H24N2O/c1-21-9-4-5-16(21)11-15-13-20-18-8-7-14(12-17(15)18)19-6-2-3-10-22-19/h3,7-8,10,12-13,16,19-20H,2,4-6,9,11H2,1H3/t16-,19?/m0/s1. The number of nitrogens with zero attached hydrogens (tertiary/aromatic N) is 1. The van der Waals surface area contributed by atoms with Crippen molar-refractivity contribution in [2.75, 3.05) is 13.6 Å². The number of ether oxygens (including phenoxy) is 1. The molecular weight excluding hydrogens is 272 g/mol. The molecule has 2 aliphatic heterocycles. The Labute approximate surface area is 132 Å². The van der Waals surface area contributed by atoms with Gasteiger partial charge in [-0.2, -0.15) is 0 Å². The minimum atomic E-state index is 0.214. The molecule has 1 aromatic heterocycles. The quantitative estimate of drug-likeness (QED) is 0.920. The van der Waals surface area contributed by atoms with Gasteiger partial charge < -0.3 is 14.6 Å². The van der Waals surface area contributed by atoms with E-state index >= 15 is 0 Å². The lowest BCUT2D eigenvalue weighted by atomic mass is 9.98. The van der Waals surface area contributed by atoms with E-state index in [1.807, 2.05) is 6.26 Å². The number of fused-ring (bicyclic) bond motifs is 1. The zero-order valence-corrected chi connectivity index (χ0v) is 13.2. The Hall–Kier alpha value is -1.74. The second-order valence-corrected chi connectivity index (χ2v) is 6.67. The molecule has 1 N–H and O–H groups in total. The van der Waals surface area contributed by atoms with Gasteiger partial charge in [-0.05, 0) is 75.0 Å². The van der Waals surface area contributed by atoms with E-state index in [-0.39, 0.29) is 6.10 Å². The Balaban J connectivity index is 1.63. The highest BCUT2D eigenvalue weighted by atomic mass is 16.5. The first-order valence-corrected chi connectivity index (χ1v) is 8.42. The molecule has 0 spiro atoms. The van der Waals surface area contributed by atoms with Crippen LogP contribution in [0.1, 0.15) is 42.9 Å². The lowest BCUT2D eigenvalue weighted by molar-refractivity contribution is 0.125. The van der Waals surface area contributed by atoms with Crippen molar-refractivity contribution in [1.82, 2.24) is 9.88 Å². The molecule has 3 nitrogen and oxygen atoms in total. The van der Waals surface area contributed by atoms with Crippen LogP contribution in [-0.2, 0) is 11.2 Å². The number of allylic oxidation sites excluding steroid dienone is 1. The average Bonchev–Trinajstić information content (AvgIpc) is 3.15. The molecule has 22 heavy (non-hydrogen) atoms. The molecule has 3 heterocycles. The Bertz CT molecular complexity index is 688. The number of benzene rings is 1. The fourth-order valence-corrected chi connectivity index (χ4v) is 3.84. The van der Waals surface area contributed by atoms with Crippen molar-refractivity contribution >= 4 is 10.9 Å². The van der Waals surface area contributed by atoms with E-state index in [2.05, 4.69) is 47.4 Å². The second-order valence-electron chi connectivity index (χ2n) is 6.67. The van der Waals surface area contributed by atoms with Crippen LogP contribution in [0.25, 0.3) is 10.9 Å². The van der Waals surface area contributed by atoms with Gasteiger partial charge in [0.25, 0.3) is 0 Å². The van der Waals surface area contributed by atoms with Crippen LogP contribution in [0.2, 0.25) is 0 Å². The first-order valence-electron chi connectivity index (χ1n) is 8.42. The molecule has 2 aliphatic rings. The molecule has 1 saturated heterocycles. The smallest absolute Gasteiger partial charge is 0.123 e. The molecular formula is C19H24N2O. The SMILES string of the molecule is CN1CCC[C@H]1Cc1c[nH]c2ccc(C3CCC=CO3)cc12. The molecule has 0 bridgehead atoms. The zero-order chi connectivity index (χ0) is 14.9. The fraction of sp³-hybridized carbons (Fsp3) is 0.474. The number of hydrogen-bond donors (Lipinski definition) is 1.